The number of ether oxygens (including phenoxy) is 1. The van der Waals surface area contributed by atoms with E-state index in [2.05, 4.69) is 15.6 Å². The molecule has 0 bridgehead atoms. The summed E-state index contributed by atoms with van der Waals surface area (Å²) in [5.41, 5.74) is 1.99. The second-order valence-corrected chi connectivity index (χ2v) is 9.50. The van der Waals surface area contributed by atoms with Crippen LogP contribution in [-0.4, -0.2) is 35.2 Å². The van der Waals surface area contributed by atoms with Crippen molar-refractivity contribution in [3.05, 3.63) is 71.9 Å². The lowest BCUT2D eigenvalue weighted by Gasteiger charge is -2.30. The topological polar surface area (TPSA) is 83.2 Å². The molecule has 0 aliphatic heterocycles. The molecule has 3 aromatic rings. The molecule has 2 aromatic carbocycles. The molecule has 34 heavy (non-hydrogen) atoms. The second kappa shape index (κ2) is 11.2. The quantitative estimate of drug-likeness (QED) is 0.399. The molecule has 3 N–H and O–H groups in total. The Bertz CT molecular complexity index is 1090. The highest BCUT2D eigenvalue weighted by atomic mass is 16.6. The van der Waals surface area contributed by atoms with Gasteiger partial charge in [-0.2, -0.15) is 0 Å². The third-order valence-electron chi connectivity index (χ3n) is 6.72. The molecule has 0 saturated heterocycles. The molecule has 2 amide bonds. The molecule has 1 aromatic heterocycles. The number of hydrogen-bond acceptors (Lipinski definition) is 3. The Morgan fingerprint density at radius 3 is 2.47 bits per heavy atom. The first-order chi connectivity index (χ1) is 16.5. The van der Waals surface area contributed by atoms with E-state index < -0.39 is 11.6 Å². The average Bonchev–Trinajstić information content (AvgIpc) is 3.05. The van der Waals surface area contributed by atoms with Gasteiger partial charge in [0.15, 0.2) is 0 Å². The number of amides is 2. The van der Waals surface area contributed by atoms with Crippen molar-refractivity contribution >= 4 is 22.9 Å². The van der Waals surface area contributed by atoms with Crippen LogP contribution in [0.25, 0.3) is 10.9 Å². The highest BCUT2D eigenvalue weighted by Gasteiger charge is 2.37. The summed E-state index contributed by atoms with van der Waals surface area (Å²) in [6.45, 7) is 2.27. The Balaban J connectivity index is 1.47. The van der Waals surface area contributed by atoms with Crippen molar-refractivity contribution in [1.29, 1.82) is 0 Å². The maximum atomic E-state index is 13.4. The molecule has 0 spiro atoms. The maximum Gasteiger partial charge on any atom is 0.408 e. The van der Waals surface area contributed by atoms with Crippen molar-refractivity contribution in [2.45, 2.75) is 69.9 Å². The Hall–Kier alpha value is -3.28. The van der Waals surface area contributed by atoms with E-state index in [1.807, 2.05) is 60.8 Å². The maximum absolute atomic E-state index is 13.4. The minimum atomic E-state index is -1.15. The van der Waals surface area contributed by atoms with Gasteiger partial charge in [0.2, 0.25) is 5.91 Å². The summed E-state index contributed by atoms with van der Waals surface area (Å²) in [6, 6.07) is 18.0. The largest absolute Gasteiger partial charge is 0.446 e. The van der Waals surface area contributed by atoms with Gasteiger partial charge in [0.1, 0.15) is 11.6 Å². The summed E-state index contributed by atoms with van der Waals surface area (Å²) in [4.78, 5) is 29.6. The Morgan fingerprint density at radius 2 is 1.71 bits per heavy atom. The molecule has 1 fully saturated rings. The van der Waals surface area contributed by atoms with Crippen LogP contribution in [0.15, 0.2) is 60.8 Å². The number of para-hydroxylation sites is 1. The summed E-state index contributed by atoms with van der Waals surface area (Å²) in [6.07, 6.45) is 8.68. The van der Waals surface area contributed by atoms with Crippen LogP contribution >= 0.6 is 0 Å². The molecule has 1 aliphatic carbocycles. The molecule has 0 unspecified atom stereocenters. The summed E-state index contributed by atoms with van der Waals surface area (Å²) < 4.78 is 5.76. The smallest absolute Gasteiger partial charge is 0.408 e. The van der Waals surface area contributed by atoms with Gasteiger partial charge >= 0.3 is 6.09 Å². The molecule has 180 valence electrons. The minimum Gasteiger partial charge on any atom is -0.446 e. The number of H-pyrrole nitrogens is 1. The number of alkyl carbamates (subject to hydrolysis) is 1. The van der Waals surface area contributed by atoms with Gasteiger partial charge in [-0.15, -0.1) is 0 Å². The number of carbonyl (C=O) groups excluding carboxylic acids is 2. The van der Waals surface area contributed by atoms with Gasteiger partial charge < -0.3 is 20.4 Å². The zero-order valence-corrected chi connectivity index (χ0v) is 19.9. The lowest BCUT2D eigenvalue weighted by Crippen LogP contribution is -2.58. The third kappa shape index (κ3) is 6.19. The normalized spacial score (nSPS) is 16.4. The number of nitrogens with one attached hydrogen (secondary N) is 3. The Labute approximate surface area is 201 Å². The highest BCUT2D eigenvalue weighted by Crippen LogP contribution is 2.24. The fourth-order valence-corrected chi connectivity index (χ4v) is 4.77. The van der Waals surface area contributed by atoms with Crippen LogP contribution in [0.4, 0.5) is 4.79 Å². The number of aromatic amines is 1. The van der Waals surface area contributed by atoms with Gasteiger partial charge in [-0.25, -0.2) is 4.79 Å². The van der Waals surface area contributed by atoms with Crippen molar-refractivity contribution in [3.63, 3.8) is 0 Å². The molecule has 6 nitrogen and oxygen atoms in total. The van der Waals surface area contributed by atoms with Crippen molar-refractivity contribution in [2.24, 2.45) is 0 Å². The fourth-order valence-electron chi connectivity index (χ4n) is 4.77. The van der Waals surface area contributed by atoms with E-state index in [1.165, 1.54) is 12.8 Å². The molecule has 6 heteroatoms. The van der Waals surface area contributed by atoms with E-state index in [0.29, 0.717) is 13.0 Å². The van der Waals surface area contributed by atoms with Gasteiger partial charge in [-0.1, -0.05) is 61.4 Å². The van der Waals surface area contributed by atoms with Gasteiger partial charge in [0.25, 0.3) is 0 Å². The number of hydrogen-bond donors (Lipinski definition) is 3. The van der Waals surface area contributed by atoms with Gasteiger partial charge in [-0.05, 0) is 56.2 Å². The van der Waals surface area contributed by atoms with Crippen LogP contribution < -0.4 is 10.6 Å². The number of aromatic nitrogens is 1. The molecule has 4 rings (SSSR count). The van der Waals surface area contributed by atoms with E-state index in [4.69, 9.17) is 4.74 Å². The zero-order chi connectivity index (χ0) is 23.8. The van der Waals surface area contributed by atoms with Gasteiger partial charge in [0.05, 0.1) is 0 Å². The number of rotatable bonds is 8. The zero-order valence-electron chi connectivity index (χ0n) is 19.9. The van der Waals surface area contributed by atoms with Gasteiger partial charge in [-0.3, -0.25) is 4.79 Å². The van der Waals surface area contributed by atoms with E-state index in [9.17, 15) is 9.59 Å². The molecule has 1 atom stereocenters. The first-order valence-corrected chi connectivity index (χ1v) is 12.4. The van der Waals surface area contributed by atoms with E-state index >= 15 is 0 Å². The second-order valence-electron chi connectivity index (χ2n) is 9.50. The fraction of sp³-hybridized carbons (Fsp3) is 0.429. The van der Waals surface area contributed by atoms with Crippen molar-refractivity contribution in [3.8, 4) is 0 Å². The monoisotopic (exact) mass is 461 g/mol. The predicted octanol–water partition coefficient (Wildman–Crippen LogP) is 5.28. The average molecular weight is 462 g/mol. The van der Waals surface area contributed by atoms with Crippen LogP contribution in [0.2, 0.25) is 0 Å². The van der Waals surface area contributed by atoms with Crippen LogP contribution in [0, 0.1) is 0 Å². The number of carbonyl (C=O) groups is 2. The SMILES string of the molecule is C[C@](Cc1c[nH]c2ccccc12)(NC(=O)OC1CCCCCC1)C(=O)NCCc1ccccc1. The standard InChI is InChI=1S/C28H35N3O3/c1-28(19-22-20-30-25-16-10-9-15-24(22)25,26(32)29-18-17-21-11-5-4-6-12-21)31-27(33)34-23-13-7-2-3-8-14-23/h4-6,9-12,15-16,20,23,30H,2-3,7-8,13-14,17-19H2,1H3,(H,29,32)(H,31,33)/t28-/m1/s1. The summed E-state index contributed by atoms with van der Waals surface area (Å²) in [7, 11) is 0. The van der Waals surface area contributed by atoms with Gasteiger partial charge in [0, 0.05) is 30.1 Å². The first-order valence-electron chi connectivity index (χ1n) is 12.4. The minimum absolute atomic E-state index is 0.0824. The number of fused-ring (bicyclic) bond motifs is 1. The summed E-state index contributed by atoms with van der Waals surface area (Å²) in [5, 5.41) is 7.00. The predicted molar refractivity (Wildman–Crippen MR) is 135 cm³/mol. The van der Waals surface area contributed by atoms with E-state index in [1.54, 1.807) is 6.92 Å². The summed E-state index contributed by atoms with van der Waals surface area (Å²) in [5.74, 6) is -0.216. The summed E-state index contributed by atoms with van der Waals surface area (Å²) >= 11 is 0. The Kier molecular flexibility index (Phi) is 7.88. The van der Waals surface area contributed by atoms with E-state index in [0.717, 1.165) is 54.1 Å². The number of benzene rings is 2. The molecular formula is C28H35N3O3. The lowest BCUT2D eigenvalue weighted by molar-refractivity contribution is -0.126. The molecule has 1 saturated carbocycles. The van der Waals surface area contributed by atoms with Crippen molar-refractivity contribution in [2.75, 3.05) is 6.54 Å². The molecule has 1 aliphatic rings. The molecular weight excluding hydrogens is 426 g/mol. The van der Waals surface area contributed by atoms with Crippen LogP contribution in [0.1, 0.15) is 56.6 Å². The molecule has 0 radical (unpaired) electrons. The van der Waals surface area contributed by atoms with E-state index in [-0.39, 0.29) is 12.0 Å². The Morgan fingerprint density at radius 1 is 1.00 bits per heavy atom. The van der Waals surface area contributed by atoms with Crippen LogP contribution in [-0.2, 0) is 22.4 Å². The highest BCUT2D eigenvalue weighted by molar-refractivity contribution is 5.91. The third-order valence-corrected chi connectivity index (χ3v) is 6.72. The van der Waals surface area contributed by atoms with Crippen LogP contribution in [0.3, 0.4) is 0 Å². The van der Waals surface area contributed by atoms with Crippen molar-refractivity contribution in [1.82, 2.24) is 15.6 Å². The first kappa shape index (κ1) is 23.9. The van der Waals surface area contributed by atoms with Crippen LogP contribution in [0.5, 0.6) is 0 Å². The lowest BCUT2D eigenvalue weighted by atomic mass is 9.91. The van der Waals surface area contributed by atoms with Crippen molar-refractivity contribution < 1.29 is 14.3 Å². The molecule has 1 heterocycles.